The molecule has 1 heterocycles. The monoisotopic (exact) mass is 331 g/mol. The van der Waals surface area contributed by atoms with E-state index in [1.165, 1.54) is 6.92 Å². The maximum atomic E-state index is 11.1. The van der Waals surface area contributed by atoms with Crippen LogP contribution in [0.3, 0.4) is 0 Å². The SMILES string of the molecule is Cc1c(Cl)c(C(=O)O)cc([N+](=O)[O-])c1OCC1COCCO1. The molecule has 0 bridgehead atoms. The van der Waals surface area contributed by atoms with Gasteiger partial charge in [-0.05, 0) is 6.92 Å². The van der Waals surface area contributed by atoms with E-state index in [0.717, 1.165) is 6.07 Å². The number of ether oxygens (including phenoxy) is 3. The molecule has 1 aliphatic heterocycles. The highest BCUT2D eigenvalue weighted by Crippen LogP contribution is 2.38. The smallest absolute Gasteiger partial charge is 0.337 e. The fourth-order valence-electron chi connectivity index (χ4n) is 2.04. The van der Waals surface area contributed by atoms with Crippen LogP contribution in [0.2, 0.25) is 5.02 Å². The number of benzene rings is 1. The van der Waals surface area contributed by atoms with Gasteiger partial charge in [-0.1, -0.05) is 11.6 Å². The van der Waals surface area contributed by atoms with Crippen LogP contribution in [0.15, 0.2) is 6.07 Å². The fourth-order valence-corrected chi connectivity index (χ4v) is 2.26. The number of carbonyl (C=O) groups is 1. The van der Waals surface area contributed by atoms with Crippen LogP contribution in [0.1, 0.15) is 15.9 Å². The van der Waals surface area contributed by atoms with Crippen molar-refractivity contribution in [3.63, 3.8) is 0 Å². The standard InChI is InChI=1S/C13H14ClNO7/c1-7-11(14)9(13(16)17)4-10(15(18)19)12(7)22-6-8-5-20-2-3-21-8/h4,8H,2-3,5-6H2,1H3,(H,16,17). The van der Waals surface area contributed by atoms with E-state index < -0.39 is 16.6 Å². The Hall–Kier alpha value is -1.90. The molecule has 120 valence electrons. The molecule has 0 radical (unpaired) electrons. The minimum Gasteiger partial charge on any atom is -0.484 e. The number of rotatable bonds is 5. The van der Waals surface area contributed by atoms with Crippen LogP contribution in [-0.2, 0) is 9.47 Å². The number of carboxylic acid groups (broad SMARTS) is 1. The van der Waals surface area contributed by atoms with Gasteiger partial charge in [0.15, 0.2) is 0 Å². The maximum absolute atomic E-state index is 11.1. The summed E-state index contributed by atoms with van der Waals surface area (Å²) in [5, 5.41) is 20.1. The molecule has 1 atom stereocenters. The second-order valence-corrected chi connectivity index (χ2v) is 5.03. The summed E-state index contributed by atoms with van der Waals surface area (Å²) in [5.74, 6) is -1.40. The third kappa shape index (κ3) is 3.46. The lowest BCUT2D eigenvalue weighted by atomic mass is 10.1. The molecule has 1 aromatic rings. The Morgan fingerprint density at radius 1 is 1.59 bits per heavy atom. The van der Waals surface area contributed by atoms with E-state index in [9.17, 15) is 14.9 Å². The van der Waals surface area contributed by atoms with Crippen molar-refractivity contribution in [1.29, 1.82) is 0 Å². The van der Waals surface area contributed by atoms with Crippen molar-refractivity contribution in [2.45, 2.75) is 13.0 Å². The molecule has 1 N–H and O–H groups in total. The lowest BCUT2D eigenvalue weighted by Gasteiger charge is -2.23. The molecule has 1 unspecified atom stereocenters. The van der Waals surface area contributed by atoms with Gasteiger partial charge < -0.3 is 19.3 Å². The molecule has 0 saturated carbocycles. The Kier molecular flexibility index (Phi) is 5.17. The van der Waals surface area contributed by atoms with Crippen molar-refractivity contribution < 1.29 is 29.0 Å². The van der Waals surface area contributed by atoms with E-state index >= 15 is 0 Å². The summed E-state index contributed by atoms with van der Waals surface area (Å²) in [5.41, 5.74) is -0.587. The van der Waals surface area contributed by atoms with Crippen LogP contribution < -0.4 is 4.74 Å². The highest BCUT2D eigenvalue weighted by Gasteiger charge is 2.27. The first kappa shape index (κ1) is 16.5. The molecule has 0 aromatic heterocycles. The highest BCUT2D eigenvalue weighted by atomic mass is 35.5. The predicted molar refractivity (Wildman–Crippen MR) is 75.9 cm³/mol. The van der Waals surface area contributed by atoms with Crippen molar-refractivity contribution >= 4 is 23.3 Å². The molecule has 9 heteroatoms. The van der Waals surface area contributed by atoms with Crippen molar-refractivity contribution in [3.05, 3.63) is 32.3 Å². The van der Waals surface area contributed by atoms with E-state index in [4.69, 9.17) is 30.9 Å². The normalized spacial score (nSPS) is 18.0. The van der Waals surface area contributed by atoms with Crippen molar-refractivity contribution in [2.75, 3.05) is 26.4 Å². The molecule has 1 aromatic carbocycles. The highest BCUT2D eigenvalue weighted by molar-refractivity contribution is 6.34. The topological polar surface area (TPSA) is 108 Å². The second kappa shape index (κ2) is 6.91. The zero-order chi connectivity index (χ0) is 16.3. The molecule has 2 rings (SSSR count). The summed E-state index contributed by atoms with van der Waals surface area (Å²) in [4.78, 5) is 21.5. The number of nitro groups is 1. The van der Waals surface area contributed by atoms with Gasteiger partial charge in [-0.15, -0.1) is 0 Å². The van der Waals surface area contributed by atoms with Gasteiger partial charge in [0.05, 0.1) is 35.3 Å². The average Bonchev–Trinajstić information content (AvgIpc) is 2.49. The Morgan fingerprint density at radius 3 is 2.86 bits per heavy atom. The van der Waals surface area contributed by atoms with Gasteiger partial charge in [0.2, 0.25) is 5.75 Å². The Bertz CT molecular complexity index is 599. The predicted octanol–water partition coefficient (Wildman–Crippen LogP) is 2.05. The molecule has 0 aliphatic carbocycles. The maximum Gasteiger partial charge on any atom is 0.337 e. The zero-order valence-electron chi connectivity index (χ0n) is 11.7. The first-order valence-corrected chi connectivity index (χ1v) is 6.82. The fraction of sp³-hybridized carbons (Fsp3) is 0.462. The zero-order valence-corrected chi connectivity index (χ0v) is 12.5. The summed E-state index contributed by atoms with van der Waals surface area (Å²) < 4.78 is 16.1. The Balaban J connectivity index is 2.30. The molecular formula is C13H14ClNO7. The first-order valence-electron chi connectivity index (χ1n) is 6.44. The Morgan fingerprint density at radius 2 is 2.32 bits per heavy atom. The van der Waals surface area contributed by atoms with Crippen LogP contribution in [0.25, 0.3) is 0 Å². The minimum atomic E-state index is -1.34. The molecule has 1 fully saturated rings. The number of halogens is 1. The van der Waals surface area contributed by atoms with Gasteiger partial charge in [-0.2, -0.15) is 0 Å². The van der Waals surface area contributed by atoms with Crippen LogP contribution in [0.4, 0.5) is 5.69 Å². The van der Waals surface area contributed by atoms with E-state index in [1.54, 1.807) is 0 Å². The summed E-state index contributed by atoms with van der Waals surface area (Å²) in [6, 6.07) is 0.894. The van der Waals surface area contributed by atoms with E-state index in [0.29, 0.717) is 19.8 Å². The molecule has 1 aliphatic rings. The number of nitrogens with zero attached hydrogens (tertiary/aromatic N) is 1. The molecule has 22 heavy (non-hydrogen) atoms. The first-order chi connectivity index (χ1) is 10.4. The van der Waals surface area contributed by atoms with E-state index in [-0.39, 0.29) is 34.6 Å². The molecule has 0 amide bonds. The van der Waals surface area contributed by atoms with Gasteiger partial charge in [0.1, 0.15) is 12.7 Å². The van der Waals surface area contributed by atoms with Crippen LogP contribution in [-0.4, -0.2) is 48.5 Å². The molecular weight excluding hydrogens is 318 g/mol. The van der Waals surface area contributed by atoms with E-state index in [2.05, 4.69) is 0 Å². The van der Waals surface area contributed by atoms with Crippen LogP contribution in [0, 0.1) is 17.0 Å². The lowest BCUT2D eigenvalue weighted by molar-refractivity contribution is -0.386. The second-order valence-electron chi connectivity index (χ2n) is 4.65. The third-order valence-electron chi connectivity index (χ3n) is 3.15. The Labute approximate surface area is 130 Å². The van der Waals surface area contributed by atoms with Crippen LogP contribution in [0.5, 0.6) is 5.75 Å². The average molecular weight is 332 g/mol. The van der Waals surface area contributed by atoms with Crippen molar-refractivity contribution in [2.24, 2.45) is 0 Å². The third-order valence-corrected chi connectivity index (χ3v) is 3.63. The van der Waals surface area contributed by atoms with Gasteiger partial charge >= 0.3 is 11.7 Å². The minimum absolute atomic E-state index is 0.0461. The number of hydrogen-bond donors (Lipinski definition) is 1. The van der Waals surface area contributed by atoms with Gasteiger partial charge in [0, 0.05) is 11.6 Å². The van der Waals surface area contributed by atoms with Gasteiger partial charge in [-0.3, -0.25) is 10.1 Å². The largest absolute Gasteiger partial charge is 0.484 e. The summed E-state index contributed by atoms with van der Waals surface area (Å²) in [7, 11) is 0. The lowest BCUT2D eigenvalue weighted by Crippen LogP contribution is -2.33. The van der Waals surface area contributed by atoms with E-state index in [1.807, 2.05) is 0 Å². The molecule has 1 saturated heterocycles. The molecule has 8 nitrogen and oxygen atoms in total. The van der Waals surface area contributed by atoms with Crippen molar-refractivity contribution in [3.8, 4) is 5.75 Å². The van der Waals surface area contributed by atoms with Crippen LogP contribution >= 0.6 is 11.6 Å². The van der Waals surface area contributed by atoms with Gasteiger partial charge in [0.25, 0.3) is 0 Å². The number of nitro benzene ring substituents is 1. The summed E-state index contributed by atoms with van der Waals surface area (Å²) >= 11 is 5.95. The summed E-state index contributed by atoms with van der Waals surface area (Å²) in [6.45, 7) is 2.76. The van der Waals surface area contributed by atoms with Gasteiger partial charge in [-0.25, -0.2) is 4.79 Å². The molecule has 0 spiro atoms. The van der Waals surface area contributed by atoms with Crippen molar-refractivity contribution in [1.82, 2.24) is 0 Å². The number of hydrogen-bond acceptors (Lipinski definition) is 6. The summed E-state index contributed by atoms with van der Waals surface area (Å²) in [6.07, 6.45) is -0.342. The number of carboxylic acids is 1. The number of aromatic carboxylic acids is 1. The quantitative estimate of drug-likeness (QED) is 0.649.